The Bertz CT molecular complexity index is 236. The maximum absolute atomic E-state index is 11.4. The molecule has 0 spiro atoms. The van der Waals surface area contributed by atoms with Gasteiger partial charge in [0.05, 0.1) is 6.61 Å². The minimum Gasteiger partial charge on any atom is -0.373 e. The zero-order valence-electron chi connectivity index (χ0n) is 11.2. The lowest BCUT2D eigenvalue weighted by Crippen LogP contribution is -2.38. The van der Waals surface area contributed by atoms with Crippen LogP contribution in [0.25, 0.3) is 0 Å². The first-order chi connectivity index (χ1) is 8.00. The number of ether oxygens (including phenoxy) is 1. The van der Waals surface area contributed by atoms with Gasteiger partial charge in [0, 0.05) is 11.3 Å². The summed E-state index contributed by atoms with van der Waals surface area (Å²) in [5.74, 6) is 0.895. The van der Waals surface area contributed by atoms with Gasteiger partial charge in [0.1, 0.15) is 6.61 Å². The monoisotopic (exact) mass is 259 g/mol. The minimum absolute atomic E-state index is 0.0851. The first-order valence-corrected chi connectivity index (χ1v) is 7.05. The Morgan fingerprint density at radius 3 is 2.41 bits per heavy atom. The van der Waals surface area contributed by atoms with Crippen LogP contribution in [0.1, 0.15) is 33.6 Å². The van der Waals surface area contributed by atoms with Crippen LogP contribution in [0.5, 0.6) is 0 Å². The maximum Gasteiger partial charge on any atom is 0.160 e. The number of rotatable bonds is 6. The van der Waals surface area contributed by atoms with E-state index in [4.69, 9.17) is 4.74 Å². The standard InChI is InChI=1S/C13H25NO2S/c1-10(2)13(15)9-16-8-12-4-6-14(7-5-12)11(3)17/h10-12,17H,4-9H2,1-3H3. The number of piperidine rings is 1. The fourth-order valence-corrected chi connectivity index (χ4v) is 2.22. The Hall–Kier alpha value is -0.0600. The van der Waals surface area contributed by atoms with Crippen LogP contribution >= 0.6 is 12.6 Å². The molecule has 1 unspecified atom stereocenters. The van der Waals surface area contributed by atoms with E-state index in [1.807, 2.05) is 13.8 Å². The minimum atomic E-state index is 0.0851. The van der Waals surface area contributed by atoms with Crippen LogP contribution in [0.15, 0.2) is 0 Å². The van der Waals surface area contributed by atoms with Crippen LogP contribution in [0.4, 0.5) is 0 Å². The van der Waals surface area contributed by atoms with Gasteiger partial charge < -0.3 is 4.74 Å². The molecule has 1 aliphatic rings. The van der Waals surface area contributed by atoms with Crippen LogP contribution in [0.3, 0.4) is 0 Å². The number of hydrogen-bond acceptors (Lipinski definition) is 4. The first-order valence-electron chi connectivity index (χ1n) is 6.53. The van der Waals surface area contributed by atoms with Gasteiger partial charge in [-0.2, -0.15) is 12.6 Å². The number of thiol groups is 1. The molecule has 0 radical (unpaired) electrons. The number of likely N-dealkylation sites (tertiary alicyclic amines) is 1. The molecule has 3 nitrogen and oxygen atoms in total. The van der Waals surface area contributed by atoms with Crippen molar-refractivity contribution in [2.75, 3.05) is 26.3 Å². The zero-order chi connectivity index (χ0) is 12.8. The molecule has 0 aliphatic carbocycles. The molecular weight excluding hydrogens is 234 g/mol. The Morgan fingerprint density at radius 2 is 1.94 bits per heavy atom. The molecule has 4 heteroatoms. The molecule has 1 heterocycles. The molecule has 0 amide bonds. The zero-order valence-corrected chi connectivity index (χ0v) is 12.1. The van der Waals surface area contributed by atoms with Crippen molar-refractivity contribution in [3.05, 3.63) is 0 Å². The Labute approximate surface area is 110 Å². The Balaban J connectivity index is 2.12. The third kappa shape index (κ3) is 5.40. The van der Waals surface area contributed by atoms with Crippen LogP contribution in [-0.4, -0.2) is 42.4 Å². The average molecular weight is 259 g/mol. The fourth-order valence-electron chi connectivity index (χ4n) is 1.99. The summed E-state index contributed by atoms with van der Waals surface area (Å²) in [6.07, 6.45) is 2.31. The van der Waals surface area contributed by atoms with Gasteiger partial charge >= 0.3 is 0 Å². The van der Waals surface area contributed by atoms with Crippen molar-refractivity contribution in [1.29, 1.82) is 0 Å². The molecule has 100 valence electrons. The summed E-state index contributed by atoms with van der Waals surface area (Å²) < 4.78 is 5.50. The van der Waals surface area contributed by atoms with E-state index in [-0.39, 0.29) is 18.3 Å². The van der Waals surface area contributed by atoms with Crippen molar-refractivity contribution in [3.8, 4) is 0 Å². The first kappa shape index (κ1) is 15.0. The van der Waals surface area contributed by atoms with Crippen molar-refractivity contribution in [1.82, 2.24) is 4.90 Å². The molecule has 1 fully saturated rings. The van der Waals surface area contributed by atoms with Gasteiger partial charge in [0.15, 0.2) is 5.78 Å². The van der Waals surface area contributed by atoms with Crippen molar-refractivity contribution >= 4 is 18.4 Å². The van der Waals surface area contributed by atoms with Crippen LogP contribution < -0.4 is 0 Å². The van der Waals surface area contributed by atoms with Crippen LogP contribution in [0, 0.1) is 11.8 Å². The van der Waals surface area contributed by atoms with E-state index in [0.717, 1.165) is 32.5 Å². The van der Waals surface area contributed by atoms with E-state index in [0.29, 0.717) is 11.3 Å². The summed E-state index contributed by atoms with van der Waals surface area (Å²) in [6, 6.07) is 0. The highest BCUT2D eigenvalue weighted by molar-refractivity contribution is 7.80. The van der Waals surface area contributed by atoms with Gasteiger partial charge in [-0.25, -0.2) is 0 Å². The molecule has 1 aliphatic heterocycles. The number of Topliss-reactive ketones (excluding diaryl/α,β-unsaturated/α-hetero) is 1. The number of nitrogens with zero attached hydrogens (tertiary/aromatic N) is 1. The molecule has 0 aromatic carbocycles. The quantitative estimate of drug-likeness (QED) is 0.742. The number of ketones is 1. The second kappa shape index (κ2) is 7.39. The van der Waals surface area contributed by atoms with Gasteiger partial charge in [-0.1, -0.05) is 13.8 Å². The molecule has 0 aromatic rings. The van der Waals surface area contributed by atoms with Gasteiger partial charge in [0.2, 0.25) is 0 Å². The molecule has 0 N–H and O–H groups in total. The van der Waals surface area contributed by atoms with E-state index >= 15 is 0 Å². The van der Waals surface area contributed by atoms with Crippen molar-refractivity contribution in [3.63, 3.8) is 0 Å². The van der Waals surface area contributed by atoms with Crippen molar-refractivity contribution in [2.45, 2.75) is 39.0 Å². The second-order valence-electron chi connectivity index (χ2n) is 5.25. The molecule has 0 aromatic heterocycles. The number of carbonyl (C=O) groups excluding carboxylic acids is 1. The summed E-state index contributed by atoms with van der Waals surface area (Å²) in [5.41, 5.74) is 0. The average Bonchev–Trinajstić information content (AvgIpc) is 2.29. The molecule has 1 atom stereocenters. The summed E-state index contributed by atoms with van der Waals surface area (Å²) in [4.78, 5) is 13.8. The highest BCUT2D eigenvalue weighted by Crippen LogP contribution is 2.20. The predicted molar refractivity (Wildman–Crippen MR) is 73.4 cm³/mol. The Morgan fingerprint density at radius 1 is 1.35 bits per heavy atom. The lowest BCUT2D eigenvalue weighted by Gasteiger charge is -2.33. The Kier molecular flexibility index (Phi) is 6.52. The number of carbonyl (C=O) groups is 1. The topological polar surface area (TPSA) is 29.5 Å². The fraction of sp³-hybridized carbons (Fsp3) is 0.923. The van der Waals surface area contributed by atoms with Gasteiger partial charge in [-0.3, -0.25) is 9.69 Å². The normalized spacial score (nSPS) is 20.8. The van der Waals surface area contributed by atoms with E-state index in [1.54, 1.807) is 0 Å². The van der Waals surface area contributed by atoms with Crippen molar-refractivity contribution in [2.24, 2.45) is 11.8 Å². The highest BCUT2D eigenvalue weighted by atomic mass is 32.1. The van der Waals surface area contributed by atoms with E-state index in [9.17, 15) is 4.79 Å². The van der Waals surface area contributed by atoms with Gasteiger partial charge in [-0.15, -0.1) is 0 Å². The SMILES string of the molecule is CC(C)C(=O)COCC1CCN(C(C)S)CC1. The number of hydrogen-bond donors (Lipinski definition) is 1. The molecule has 0 saturated carbocycles. The summed E-state index contributed by atoms with van der Waals surface area (Å²) in [7, 11) is 0. The molecule has 1 rings (SSSR count). The van der Waals surface area contributed by atoms with Crippen LogP contribution in [0.2, 0.25) is 0 Å². The summed E-state index contributed by atoms with van der Waals surface area (Å²) in [6.45, 7) is 9.14. The second-order valence-corrected chi connectivity index (χ2v) is 5.99. The highest BCUT2D eigenvalue weighted by Gasteiger charge is 2.21. The lowest BCUT2D eigenvalue weighted by atomic mass is 9.98. The van der Waals surface area contributed by atoms with E-state index in [2.05, 4.69) is 24.5 Å². The predicted octanol–water partition coefficient (Wildman–Crippen LogP) is 2.22. The molecule has 1 saturated heterocycles. The largest absolute Gasteiger partial charge is 0.373 e. The van der Waals surface area contributed by atoms with Gasteiger partial charge in [0.25, 0.3) is 0 Å². The molecule has 0 bridgehead atoms. The van der Waals surface area contributed by atoms with E-state index in [1.165, 1.54) is 0 Å². The smallest absolute Gasteiger partial charge is 0.160 e. The van der Waals surface area contributed by atoms with E-state index < -0.39 is 0 Å². The van der Waals surface area contributed by atoms with Crippen LogP contribution in [-0.2, 0) is 9.53 Å². The third-order valence-corrected chi connectivity index (χ3v) is 3.75. The summed E-state index contributed by atoms with van der Waals surface area (Å²) in [5, 5.41) is 0.347. The third-order valence-electron chi connectivity index (χ3n) is 3.42. The summed E-state index contributed by atoms with van der Waals surface area (Å²) >= 11 is 4.44. The lowest BCUT2D eigenvalue weighted by molar-refractivity contribution is -0.127. The molecular formula is C13H25NO2S. The maximum atomic E-state index is 11.4. The molecule has 17 heavy (non-hydrogen) atoms. The van der Waals surface area contributed by atoms with Gasteiger partial charge in [-0.05, 0) is 38.8 Å². The van der Waals surface area contributed by atoms with Crippen molar-refractivity contribution < 1.29 is 9.53 Å².